The minimum Gasteiger partial charge on any atom is -0.506 e. The molecule has 0 bridgehead atoms. The van der Waals surface area contributed by atoms with Crippen LogP contribution in [0.4, 0.5) is 5.69 Å². The summed E-state index contributed by atoms with van der Waals surface area (Å²) in [5, 5.41) is 12.0. The third-order valence-corrected chi connectivity index (χ3v) is 2.92. The van der Waals surface area contributed by atoms with Gasteiger partial charge in [-0.3, -0.25) is 0 Å². The van der Waals surface area contributed by atoms with Crippen molar-refractivity contribution >= 4 is 27.1 Å². The molecule has 1 heterocycles. The summed E-state index contributed by atoms with van der Waals surface area (Å²) in [7, 11) is 0. The van der Waals surface area contributed by atoms with Gasteiger partial charge in [0.05, 0.1) is 12.3 Å². The summed E-state index contributed by atoms with van der Waals surface area (Å²) in [6, 6.07) is 3.60. The van der Waals surface area contributed by atoms with Gasteiger partial charge in [-0.2, -0.15) is 0 Å². The van der Waals surface area contributed by atoms with Crippen LogP contribution in [-0.4, -0.2) is 11.7 Å². The molecular formula is C10H11NO2S. The Labute approximate surface area is 85.7 Å². The first kappa shape index (κ1) is 9.15. The highest BCUT2D eigenvalue weighted by molar-refractivity contribution is 7.17. The van der Waals surface area contributed by atoms with E-state index in [1.165, 1.54) is 11.3 Å². The van der Waals surface area contributed by atoms with Crippen LogP contribution in [0, 0.1) is 0 Å². The van der Waals surface area contributed by atoms with Crippen LogP contribution in [0.2, 0.25) is 0 Å². The van der Waals surface area contributed by atoms with Gasteiger partial charge in [-0.05, 0) is 13.0 Å². The molecule has 3 nitrogen and oxygen atoms in total. The highest BCUT2D eigenvalue weighted by atomic mass is 32.1. The fourth-order valence-electron chi connectivity index (χ4n) is 1.34. The van der Waals surface area contributed by atoms with Crippen molar-refractivity contribution in [1.82, 2.24) is 0 Å². The van der Waals surface area contributed by atoms with Crippen LogP contribution in [0.3, 0.4) is 0 Å². The van der Waals surface area contributed by atoms with E-state index in [0.717, 1.165) is 10.1 Å². The molecule has 1 aromatic carbocycles. The molecule has 2 rings (SSSR count). The van der Waals surface area contributed by atoms with E-state index < -0.39 is 0 Å². The Morgan fingerprint density at radius 2 is 2.29 bits per heavy atom. The first-order valence-corrected chi connectivity index (χ1v) is 5.23. The Morgan fingerprint density at radius 1 is 1.50 bits per heavy atom. The molecule has 2 aromatic rings. The molecule has 3 N–H and O–H groups in total. The van der Waals surface area contributed by atoms with Crippen molar-refractivity contribution in [2.24, 2.45) is 0 Å². The van der Waals surface area contributed by atoms with E-state index >= 15 is 0 Å². The third kappa shape index (κ3) is 1.37. The lowest BCUT2D eigenvalue weighted by Gasteiger charge is -2.06. The normalized spacial score (nSPS) is 10.6. The molecule has 1 aromatic heterocycles. The lowest BCUT2D eigenvalue weighted by molar-refractivity contribution is 0.342. The third-order valence-electron chi connectivity index (χ3n) is 1.99. The van der Waals surface area contributed by atoms with Crippen LogP contribution in [0.15, 0.2) is 17.5 Å². The number of ether oxygens (including phenoxy) is 1. The lowest BCUT2D eigenvalue weighted by Crippen LogP contribution is -1.96. The Morgan fingerprint density at radius 3 is 3.00 bits per heavy atom. The van der Waals surface area contributed by atoms with Gasteiger partial charge in [-0.15, -0.1) is 11.3 Å². The van der Waals surface area contributed by atoms with E-state index in [1.54, 1.807) is 11.4 Å². The van der Waals surface area contributed by atoms with Crippen molar-refractivity contribution in [3.8, 4) is 11.5 Å². The van der Waals surface area contributed by atoms with Crippen LogP contribution in [0.1, 0.15) is 6.92 Å². The van der Waals surface area contributed by atoms with Crippen LogP contribution in [0.25, 0.3) is 10.1 Å². The minimum atomic E-state index is 0.278. The van der Waals surface area contributed by atoms with Gasteiger partial charge in [-0.1, -0.05) is 0 Å². The summed E-state index contributed by atoms with van der Waals surface area (Å²) in [6.07, 6.45) is 0. The Bertz CT molecular complexity index is 464. The summed E-state index contributed by atoms with van der Waals surface area (Å²) < 4.78 is 6.34. The molecule has 0 atom stereocenters. The van der Waals surface area contributed by atoms with Crippen molar-refractivity contribution in [2.75, 3.05) is 12.3 Å². The SMILES string of the molecule is CCOc1cc2scc(O)c2cc1N. The van der Waals surface area contributed by atoms with Crippen molar-refractivity contribution in [2.45, 2.75) is 6.92 Å². The Kier molecular flexibility index (Phi) is 2.21. The topological polar surface area (TPSA) is 55.5 Å². The average molecular weight is 209 g/mol. The van der Waals surface area contributed by atoms with Crippen molar-refractivity contribution in [1.29, 1.82) is 0 Å². The number of hydrogen-bond acceptors (Lipinski definition) is 4. The summed E-state index contributed by atoms with van der Waals surface area (Å²) in [4.78, 5) is 0. The summed E-state index contributed by atoms with van der Waals surface area (Å²) >= 11 is 1.48. The summed E-state index contributed by atoms with van der Waals surface area (Å²) in [5.74, 6) is 0.960. The first-order chi connectivity index (χ1) is 6.72. The quantitative estimate of drug-likeness (QED) is 0.747. The molecule has 0 aliphatic carbocycles. The lowest BCUT2D eigenvalue weighted by atomic mass is 10.2. The van der Waals surface area contributed by atoms with Gasteiger partial charge < -0.3 is 15.6 Å². The summed E-state index contributed by atoms with van der Waals surface area (Å²) in [5.41, 5.74) is 6.33. The molecular weight excluding hydrogens is 198 g/mol. The molecule has 0 spiro atoms. The molecule has 0 unspecified atom stereocenters. The highest BCUT2D eigenvalue weighted by Gasteiger charge is 2.07. The maximum atomic E-state index is 9.47. The number of benzene rings is 1. The van der Waals surface area contributed by atoms with Crippen molar-refractivity contribution in [3.05, 3.63) is 17.5 Å². The van der Waals surface area contributed by atoms with E-state index in [4.69, 9.17) is 10.5 Å². The van der Waals surface area contributed by atoms with Crippen molar-refractivity contribution < 1.29 is 9.84 Å². The number of fused-ring (bicyclic) bond motifs is 1. The van der Waals surface area contributed by atoms with Crippen molar-refractivity contribution in [3.63, 3.8) is 0 Å². The van der Waals surface area contributed by atoms with E-state index in [2.05, 4.69) is 0 Å². The number of anilines is 1. The predicted molar refractivity (Wildman–Crippen MR) is 59.1 cm³/mol. The van der Waals surface area contributed by atoms with Gasteiger partial charge in [0.15, 0.2) is 0 Å². The van der Waals surface area contributed by atoms with E-state index in [1.807, 2.05) is 13.0 Å². The molecule has 14 heavy (non-hydrogen) atoms. The van der Waals surface area contributed by atoms with Crippen LogP contribution in [-0.2, 0) is 0 Å². The first-order valence-electron chi connectivity index (χ1n) is 4.35. The second-order valence-electron chi connectivity index (χ2n) is 2.94. The van der Waals surface area contributed by atoms with Gasteiger partial charge >= 0.3 is 0 Å². The second kappa shape index (κ2) is 3.38. The number of nitrogen functional groups attached to an aromatic ring is 1. The Hall–Kier alpha value is -1.42. The number of nitrogens with two attached hydrogens (primary N) is 1. The van der Waals surface area contributed by atoms with E-state index in [-0.39, 0.29) is 5.75 Å². The summed E-state index contributed by atoms with van der Waals surface area (Å²) in [6.45, 7) is 2.50. The van der Waals surface area contributed by atoms with Crippen LogP contribution in [0.5, 0.6) is 11.5 Å². The standard InChI is InChI=1S/C10H11NO2S/c1-2-13-9-4-10-6(3-7(9)11)8(12)5-14-10/h3-5,12H,2,11H2,1H3. The van der Waals surface area contributed by atoms with Gasteiger partial charge in [0.2, 0.25) is 0 Å². The molecule has 0 fully saturated rings. The molecule has 4 heteroatoms. The molecule has 0 aliphatic heterocycles. The van der Waals surface area contributed by atoms with E-state index in [0.29, 0.717) is 18.0 Å². The molecule has 0 radical (unpaired) electrons. The largest absolute Gasteiger partial charge is 0.506 e. The van der Waals surface area contributed by atoms with Gasteiger partial charge in [0.25, 0.3) is 0 Å². The van der Waals surface area contributed by atoms with Gasteiger partial charge in [0, 0.05) is 21.5 Å². The van der Waals surface area contributed by atoms with Crippen LogP contribution < -0.4 is 10.5 Å². The maximum Gasteiger partial charge on any atom is 0.143 e. The zero-order valence-electron chi connectivity index (χ0n) is 7.78. The number of thiophene rings is 1. The maximum absolute atomic E-state index is 9.47. The average Bonchev–Trinajstić information content (AvgIpc) is 2.50. The number of hydrogen-bond donors (Lipinski definition) is 2. The fraction of sp³-hybridized carbons (Fsp3) is 0.200. The van der Waals surface area contributed by atoms with Crippen LogP contribution >= 0.6 is 11.3 Å². The molecule has 0 amide bonds. The zero-order valence-corrected chi connectivity index (χ0v) is 8.60. The predicted octanol–water partition coefficient (Wildman–Crippen LogP) is 2.59. The zero-order chi connectivity index (χ0) is 10.1. The number of rotatable bonds is 2. The smallest absolute Gasteiger partial charge is 0.143 e. The molecule has 0 saturated heterocycles. The van der Waals surface area contributed by atoms with Gasteiger partial charge in [0.1, 0.15) is 11.5 Å². The number of aromatic hydroxyl groups is 1. The Balaban J connectivity index is 2.60. The van der Waals surface area contributed by atoms with Gasteiger partial charge in [-0.25, -0.2) is 0 Å². The molecule has 74 valence electrons. The second-order valence-corrected chi connectivity index (χ2v) is 3.85. The monoisotopic (exact) mass is 209 g/mol. The fourth-order valence-corrected chi connectivity index (χ4v) is 2.17. The molecule has 0 aliphatic rings. The molecule has 0 saturated carbocycles. The van der Waals surface area contributed by atoms with E-state index in [9.17, 15) is 5.11 Å². The minimum absolute atomic E-state index is 0.278. The highest BCUT2D eigenvalue weighted by Crippen LogP contribution is 2.37.